The second-order valence-corrected chi connectivity index (χ2v) is 5.05. The van der Waals surface area contributed by atoms with E-state index < -0.39 is 10.1 Å². The van der Waals surface area contributed by atoms with E-state index in [1.165, 1.54) is 11.6 Å². The smallest absolute Gasteiger partial charge is 0.282 e. The zero-order valence-corrected chi connectivity index (χ0v) is 13.1. The Labute approximate surface area is 128 Å². The molecule has 3 nitrogen and oxygen atoms in total. The van der Waals surface area contributed by atoms with Gasteiger partial charge in [0, 0.05) is 0 Å². The molecule has 4 heteroatoms. The summed E-state index contributed by atoms with van der Waals surface area (Å²) in [6.45, 7) is 15.4. The summed E-state index contributed by atoms with van der Waals surface area (Å²) < 4.78 is 28.0. The Morgan fingerprint density at radius 2 is 1.57 bits per heavy atom. The van der Waals surface area contributed by atoms with E-state index in [-0.39, 0.29) is 0 Å². The van der Waals surface area contributed by atoms with E-state index in [1.807, 2.05) is 36.4 Å². The van der Waals surface area contributed by atoms with Gasteiger partial charge in [-0.1, -0.05) is 80.4 Å². The van der Waals surface area contributed by atoms with Gasteiger partial charge in [-0.05, 0) is 18.6 Å². The molecule has 1 N–H and O–H groups in total. The maximum absolute atomic E-state index is 9.96. The van der Waals surface area contributed by atoms with Crippen molar-refractivity contribution in [2.75, 3.05) is 0 Å². The van der Waals surface area contributed by atoms with Crippen molar-refractivity contribution < 1.29 is 13.0 Å². The highest BCUT2D eigenvalue weighted by molar-refractivity contribution is 7.88. The van der Waals surface area contributed by atoms with Crippen LogP contribution in [-0.4, -0.2) is 13.0 Å². The molecule has 0 spiro atoms. The zero-order chi connectivity index (χ0) is 16.7. The first-order chi connectivity index (χ1) is 9.76. The molecule has 114 valence electrons. The summed E-state index contributed by atoms with van der Waals surface area (Å²) >= 11 is 0. The molecule has 21 heavy (non-hydrogen) atoms. The van der Waals surface area contributed by atoms with Gasteiger partial charge >= 0.3 is 0 Å². The first-order valence-electron chi connectivity index (χ1n) is 5.98. The number of hydrogen-bond acceptors (Lipinski definition) is 2. The van der Waals surface area contributed by atoms with Gasteiger partial charge in [0.2, 0.25) is 0 Å². The van der Waals surface area contributed by atoms with E-state index in [4.69, 9.17) is 4.55 Å². The third kappa shape index (κ3) is 20.3. The second-order valence-electron chi connectivity index (χ2n) is 3.75. The molecule has 0 aliphatic heterocycles. The average molecular weight is 306 g/mol. The zero-order valence-electron chi connectivity index (χ0n) is 12.3. The number of allylic oxidation sites excluding steroid dienone is 4. The van der Waals surface area contributed by atoms with Crippen LogP contribution in [0.2, 0.25) is 0 Å². The molecule has 0 aliphatic carbocycles. The molecule has 0 saturated heterocycles. The lowest BCUT2D eigenvalue weighted by Gasteiger charge is -1.85. The summed E-state index contributed by atoms with van der Waals surface area (Å²) in [6, 6.07) is 10.0. The Hall–Kier alpha value is -2.17. The first kappa shape index (κ1) is 21.1. The lowest BCUT2D eigenvalue weighted by atomic mass is 10.2. The van der Waals surface area contributed by atoms with Gasteiger partial charge in [0.15, 0.2) is 0 Å². The van der Waals surface area contributed by atoms with Crippen LogP contribution in [0.15, 0.2) is 85.9 Å². The SMILES string of the molecule is C=C(C)C=CS(=O)(=O)O.C=CC=C.C=Cc1ccccc1. The molecule has 0 atom stereocenters. The molecule has 0 fully saturated rings. The molecular weight excluding hydrogens is 284 g/mol. The van der Waals surface area contributed by atoms with Gasteiger partial charge in [-0.15, -0.1) is 0 Å². The highest BCUT2D eigenvalue weighted by atomic mass is 32.2. The van der Waals surface area contributed by atoms with Crippen molar-refractivity contribution in [2.45, 2.75) is 6.92 Å². The Balaban J connectivity index is 0. The minimum absolute atomic E-state index is 0.577. The van der Waals surface area contributed by atoms with Crippen LogP contribution in [0.3, 0.4) is 0 Å². The van der Waals surface area contributed by atoms with Crippen molar-refractivity contribution >= 4 is 16.2 Å². The minimum Gasteiger partial charge on any atom is -0.282 e. The van der Waals surface area contributed by atoms with E-state index in [2.05, 4.69) is 26.3 Å². The van der Waals surface area contributed by atoms with Crippen molar-refractivity contribution in [3.05, 3.63) is 91.4 Å². The summed E-state index contributed by atoms with van der Waals surface area (Å²) in [6.07, 6.45) is 6.33. The number of rotatable bonds is 4. The van der Waals surface area contributed by atoms with Crippen molar-refractivity contribution in [3.63, 3.8) is 0 Å². The second kappa shape index (κ2) is 12.8. The van der Waals surface area contributed by atoms with E-state index in [0.29, 0.717) is 11.0 Å². The fourth-order valence-electron chi connectivity index (χ4n) is 0.791. The molecule has 0 aliphatic rings. The maximum Gasteiger partial charge on any atom is 0.287 e. The fourth-order valence-corrected chi connectivity index (χ4v) is 1.20. The van der Waals surface area contributed by atoms with Crippen molar-refractivity contribution in [1.29, 1.82) is 0 Å². The normalized spacial score (nSPS) is 9.43. The highest BCUT2D eigenvalue weighted by Crippen LogP contribution is 1.97. The molecule has 1 rings (SSSR count). The van der Waals surface area contributed by atoms with Gasteiger partial charge in [-0.3, -0.25) is 4.55 Å². The average Bonchev–Trinajstić information content (AvgIpc) is 2.46. The summed E-state index contributed by atoms with van der Waals surface area (Å²) in [5, 5.41) is 0.690. The van der Waals surface area contributed by atoms with Crippen LogP contribution >= 0.6 is 0 Å². The van der Waals surface area contributed by atoms with E-state index in [0.717, 1.165) is 0 Å². The van der Waals surface area contributed by atoms with Crippen LogP contribution in [-0.2, 0) is 10.1 Å². The van der Waals surface area contributed by atoms with Crippen molar-refractivity contribution in [1.82, 2.24) is 0 Å². The van der Waals surface area contributed by atoms with E-state index in [1.54, 1.807) is 19.1 Å². The van der Waals surface area contributed by atoms with Gasteiger partial charge < -0.3 is 0 Å². The van der Waals surface area contributed by atoms with Crippen LogP contribution in [0.4, 0.5) is 0 Å². The molecule has 0 heterocycles. The van der Waals surface area contributed by atoms with Gasteiger partial charge in [-0.25, -0.2) is 0 Å². The quantitative estimate of drug-likeness (QED) is 0.650. The molecule has 1 aromatic carbocycles. The summed E-state index contributed by atoms with van der Waals surface area (Å²) in [5.74, 6) is 0. The summed E-state index contributed by atoms with van der Waals surface area (Å²) in [5.41, 5.74) is 1.75. The predicted molar refractivity (Wildman–Crippen MR) is 92.4 cm³/mol. The molecule has 0 radical (unpaired) electrons. The minimum atomic E-state index is -3.96. The van der Waals surface area contributed by atoms with Crippen LogP contribution in [0, 0.1) is 0 Å². The van der Waals surface area contributed by atoms with E-state index in [9.17, 15) is 8.42 Å². The first-order valence-corrected chi connectivity index (χ1v) is 7.49. The lowest BCUT2D eigenvalue weighted by molar-refractivity contribution is 0.494. The summed E-state index contributed by atoms with van der Waals surface area (Å²) in [7, 11) is -3.96. The van der Waals surface area contributed by atoms with Crippen LogP contribution in [0.25, 0.3) is 6.08 Å². The van der Waals surface area contributed by atoms with Crippen LogP contribution in [0.5, 0.6) is 0 Å². The largest absolute Gasteiger partial charge is 0.287 e. The van der Waals surface area contributed by atoms with Crippen molar-refractivity contribution in [2.24, 2.45) is 0 Å². The fraction of sp³-hybridized carbons (Fsp3) is 0.0588. The Bertz CT molecular complexity index is 561. The number of benzene rings is 1. The molecule has 0 saturated carbocycles. The van der Waals surface area contributed by atoms with Gasteiger partial charge in [0.25, 0.3) is 10.1 Å². The molecule has 1 aromatic rings. The topological polar surface area (TPSA) is 54.4 Å². The molecule has 0 amide bonds. The molecule has 0 aromatic heterocycles. The molecular formula is C17H22O3S. The summed E-state index contributed by atoms with van der Waals surface area (Å²) in [4.78, 5) is 0. The van der Waals surface area contributed by atoms with Crippen molar-refractivity contribution in [3.8, 4) is 0 Å². The third-order valence-corrected chi connectivity index (χ3v) is 2.21. The lowest BCUT2D eigenvalue weighted by Crippen LogP contribution is -1.88. The third-order valence-electron chi connectivity index (χ3n) is 1.73. The standard InChI is InChI=1S/C8H8.C5H8O3S.C4H6/c1-2-8-6-4-3-5-7-8;1-5(2)3-4-9(6,7)8;1-3-4-2/h2-7H,1H2;3-4H,1H2,2H3,(H,6,7,8);3-4H,1-2H2. The monoisotopic (exact) mass is 306 g/mol. The van der Waals surface area contributed by atoms with E-state index >= 15 is 0 Å². The van der Waals surface area contributed by atoms with Gasteiger partial charge in [-0.2, -0.15) is 8.42 Å². The predicted octanol–water partition coefficient (Wildman–Crippen LogP) is 4.65. The number of hydrogen-bond donors (Lipinski definition) is 1. The van der Waals surface area contributed by atoms with Crippen LogP contribution in [0.1, 0.15) is 12.5 Å². The van der Waals surface area contributed by atoms with Crippen LogP contribution < -0.4 is 0 Å². The molecule has 0 unspecified atom stereocenters. The Kier molecular flexibility index (Phi) is 12.9. The Morgan fingerprint density at radius 1 is 1.10 bits per heavy atom. The maximum atomic E-state index is 9.96. The van der Waals surface area contributed by atoms with Gasteiger partial charge in [0.05, 0.1) is 5.41 Å². The molecule has 0 bridgehead atoms. The highest BCUT2D eigenvalue weighted by Gasteiger charge is 1.92. The Morgan fingerprint density at radius 3 is 1.76 bits per heavy atom. The van der Waals surface area contributed by atoms with Gasteiger partial charge in [0.1, 0.15) is 0 Å².